The van der Waals surface area contributed by atoms with Crippen LogP contribution in [0.5, 0.6) is 0 Å². The van der Waals surface area contributed by atoms with E-state index in [9.17, 15) is 0 Å². The topological polar surface area (TPSA) is 3.24 Å². The largest absolute Gasteiger partial charge is 0.310 e. The van der Waals surface area contributed by atoms with Crippen molar-refractivity contribution >= 4 is 49.4 Å². The van der Waals surface area contributed by atoms with Crippen LogP contribution in [0.3, 0.4) is 0 Å². The standard InChI is InChI=1S/C54H37N/c1-3-14-38(15-4-1)39-28-32-44(33-29-39)55(53-37-36-51(50-23-9-10-24-52(50)53)49-27-11-19-40-18-7-8-22-46(40)49)45-34-30-42(31-35-45)48-26-13-21-43-20-12-25-47(54(43)48)41-16-5-2-6-17-41/h1-37H/i2D,5D,6D,16D,17D. The summed E-state index contributed by atoms with van der Waals surface area (Å²) in [6.07, 6.45) is 0. The quantitative estimate of drug-likeness (QED) is 0.160. The monoisotopic (exact) mass is 704 g/mol. The molecule has 0 bridgehead atoms. The Morgan fingerprint density at radius 1 is 0.309 bits per heavy atom. The van der Waals surface area contributed by atoms with Gasteiger partial charge < -0.3 is 4.90 Å². The van der Waals surface area contributed by atoms with Gasteiger partial charge in [-0.2, -0.15) is 0 Å². The predicted molar refractivity (Wildman–Crippen MR) is 235 cm³/mol. The molecule has 0 unspecified atom stereocenters. The molecule has 10 aromatic rings. The minimum absolute atomic E-state index is 0.194. The van der Waals surface area contributed by atoms with Crippen LogP contribution in [0.1, 0.15) is 6.85 Å². The second-order valence-electron chi connectivity index (χ2n) is 13.7. The minimum Gasteiger partial charge on any atom is -0.310 e. The molecule has 0 aromatic heterocycles. The second kappa shape index (κ2) is 14.0. The first-order chi connectivity index (χ1) is 29.4. The Hall–Kier alpha value is -7.22. The van der Waals surface area contributed by atoms with E-state index >= 15 is 0 Å². The van der Waals surface area contributed by atoms with Gasteiger partial charge >= 0.3 is 0 Å². The normalized spacial score (nSPS) is 12.5. The molecule has 0 atom stereocenters. The number of benzene rings is 10. The molecule has 0 saturated carbocycles. The van der Waals surface area contributed by atoms with Gasteiger partial charge in [0.15, 0.2) is 0 Å². The van der Waals surface area contributed by atoms with Crippen molar-refractivity contribution in [2.75, 3.05) is 4.90 Å². The highest BCUT2D eigenvalue weighted by Crippen LogP contribution is 2.44. The van der Waals surface area contributed by atoms with E-state index in [2.05, 4.69) is 157 Å². The van der Waals surface area contributed by atoms with Gasteiger partial charge in [-0.1, -0.05) is 194 Å². The van der Waals surface area contributed by atoms with Crippen LogP contribution >= 0.6 is 0 Å². The van der Waals surface area contributed by atoms with E-state index in [0.717, 1.165) is 60.9 Å². The summed E-state index contributed by atoms with van der Waals surface area (Å²) in [5, 5.41) is 6.44. The Morgan fingerprint density at radius 3 is 1.53 bits per heavy atom. The number of hydrogen-bond donors (Lipinski definition) is 0. The highest BCUT2D eigenvalue weighted by atomic mass is 15.1. The highest BCUT2D eigenvalue weighted by molar-refractivity contribution is 6.11. The van der Waals surface area contributed by atoms with Crippen molar-refractivity contribution in [3.05, 3.63) is 224 Å². The minimum atomic E-state index is -0.403. The average Bonchev–Trinajstić information content (AvgIpc) is 3.31. The molecule has 0 saturated heterocycles. The van der Waals surface area contributed by atoms with Crippen LogP contribution < -0.4 is 4.90 Å². The summed E-state index contributed by atoms with van der Waals surface area (Å²) in [4.78, 5) is 2.31. The highest BCUT2D eigenvalue weighted by Gasteiger charge is 2.19. The number of rotatable bonds is 7. The molecule has 1 nitrogen and oxygen atoms in total. The first-order valence-corrected chi connectivity index (χ1v) is 18.5. The number of hydrogen-bond acceptors (Lipinski definition) is 1. The fourth-order valence-corrected chi connectivity index (χ4v) is 8.00. The molecule has 0 fully saturated rings. The summed E-state index contributed by atoms with van der Waals surface area (Å²) in [5.41, 5.74) is 10.3. The molecule has 0 N–H and O–H groups in total. The van der Waals surface area contributed by atoms with Crippen molar-refractivity contribution in [3.63, 3.8) is 0 Å². The number of nitrogens with zero attached hydrogens (tertiary/aromatic N) is 1. The maximum atomic E-state index is 8.80. The molecule has 0 heterocycles. The molecule has 55 heavy (non-hydrogen) atoms. The van der Waals surface area contributed by atoms with Crippen molar-refractivity contribution in [3.8, 4) is 44.5 Å². The van der Waals surface area contributed by atoms with Crippen LogP contribution in [-0.4, -0.2) is 0 Å². The van der Waals surface area contributed by atoms with E-state index in [0.29, 0.717) is 5.56 Å². The van der Waals surface area contributed by atoms with E-state index < -0.39 is 6.04 Å². The zero-order valence-electron chi connectivity index (χ0n) is 34.9. The third-order valence-electron chi connectivity index (χ3n) is 10.6. The SMILES string of the molecule is [2H]c1c([2H])c([2H])c(-c2cccc3cccc(-c4ccc(N(c5ccc(-c6ccccc6)cc5)c5ccc(-c6cccc7ccccc67)c6ccccc56)cc4)c23)c([2H])c1[2H]. The smallest absolute Gasteiger partial charge is 0.0629 e. The van der Waals surface area contributed by atoms with Crippen LogP contribution in [0.25, 0.3) is 76.8 Å². The van der Waals surface area contributed by atoms with Crippen LogP contribution in [0.15, 0.2) is 224 Å². The maximum Gasteiger partial charge on any atom is 0.0629 e. The zero-order chi connectivity index (χ0) is 40.9. The maximum absolute atomic E-state index is 8.80. The van der Waals surface area contributed by atoms with Crippen molar-refractivity contribution in [2.45, 2.75) is 0 Å². The molecule has 0 aliphatic carbocycles. The van der Waals surface area contributed by atoms with Crippen LogP contribution in [0, 0.1) is 0 Å². The van der Waals surface area contributed by atoms with Crippen LogP contribution in [0.4, 0.5) is 17.1 Å². The summed E-state index contributed by atoms with van der Waals surface area (Å²) in [6.45, 7) is 0. The Balaban J connectivity index is 1.14. The van der Waals surface area contributed by atoms with Gasteiger partial charge in [0.05, 0.1) is 12.5 Å². The van der Waals surface area contributed by atoms with Gasteiger partial charge in [0.25, 0.3) is 0 Å². The lowest BCUT2D eigenvalue weighted by molar-refractivity contribution is 1.30. The second-order valence-corrected chi connectivity index (χ2v) is 13.7. The third kappa shape index (κ3) is 5.93. The first-order valence-electron chi connectivity index (χ1n) is 21.0. The fourth-order valence-electron chi connectivity index (χ4n) is 8.00. The third-order valence-corrected chi connectivity index (χ3v) is 10.6. The Labute approximate surface area is 329 Å². The molecule has 10 rings (SSSR count). The van der Waals surface area contributed by atoms with Gasteiger partial charge in [0.2, 0.25) is 0 Å². The van der Waals surface area contributed by atoms with E-state index in [1.165, 1.54) is 21.9 Å². The van der Waals surface area contributed by atoms with Gasteiger partial charge in [-0.15, -0.1) is 0 Å². The summed E-state index contributed by atoms with van der Waals surface area (Å²) in [5.74, 6) is 0. The lowest BCUT2D eigenvalue weighted by atomic mass is 9.91. The molecule has 0 aliphatic rings. The van der Waals surface area contributed by atoms with E-state index in [-0.39, 0.29) is 29.7 Å². The lowest BCUT2D eigenvalue weighted by Crippen LogP contribution is -2.10. The average molecular weight is 705 g/mol. The van der Waals surface area contributed by atoms with E-state index in [1.807, 2.05) is 42.5 Å². The van der Waals surface area contributed by atoms with Gasteiger partial charge in [0.1, 0.15) is 0 Å². The summed E-state index contributed by atoms with van der Waals surface area (Å²) >= 11 is 0. The summed E-state index contributed by atoms with van der Waals surface area (Å²) in [6, 6.07) is 66.0. The van der Waals surface area contributed by atoms with E-state index in [1.54, 1.807) is 0 Å². The molecular formula is C54H37N. The molecule has 0 amide bonds. The Kier molecular flexibility index (Phi) is 6.96. The fraction of sp³-hybridized carbons (Fsp3) is 0. The number of fused-ring (bicyclic) bond motifs is 3. The molecule has 0 aliphatic heterocycles. The Bertz CT molecular complexity index is 3210. The van der Waals surface area contributed by atoms with Crippen LogP contribution in [0.2, 0.25) is 0 Å². The van der Waals surface area contributed by atoms with E-state index in [4.69, 9.17) is 6.85 Å². The zero-order valence-corrected chi connectivity index (χ0v) is 29.9. The molecule has 1 heteroatoms. The molecule has 0 spiro atoms. The molecule has 10 aromatic carbocycles. The van der Waals surface area contributed by atoms with Gasteiger partial charge in [0, 0.05) is 16.8 Å². The number of anilines is 3. The van der Waals surface area contributed by atoms with Gasteiger partial charge in [-0.05, 0) is 102 Å². The molecule has 0 radical (unpaired) electrons. The van der Waals surface area contributed by atoms with Crippen molar-refractivity contribution in [1.29, 1.82) is 0 Å². The van der Waals surface area contributed by atoms with Crippen LogP contribution in [-0.2, 0) is 0 Å². The molecule has 258 valence electrons. The summed E-state index contributed by atoms with van der Waals surface area (Å²) in [7, 11) is 0. The van der Waals surface area contributed by atoms with Gasteiger partial charge in [-0.25, -0.2) is 0 Å². The molecular weight excluding hydrogens is 663 g/mol. The predicted octanol–water partition coefficient (Wildman–Crippen LogP) is 15.3. The van der Waals surface area contributed by atoms with Crippen molar-refractivity contribution < 1.29 is 6.85 Å². The van der Waals surface area contributed by atoms with Gasteiger partial charge in [-0.3, -0.25) is 0 Å². The first kappa shape index (κ1) is 27.4. The lowest BCUT2D eigenvalue weighted by Gasteiger charge is -2.28. The van der Waals surface area contributed by atoms with Crippen molar-refractivity contribution in [2.24, 2.45) is 0 Å². The Morgan fingerprint density at radius 2 is 0.818 bits per heavy atom. The summed E-state index contributed by atoms with van der Waals surface area (Å²) < 4.78 is 42.6. The van der Waals surface area contributed by atoms with Crippen molar-refractivity contribution in [1.82, 2.24) is 0 Å².